The Kier molecular flexibility index (Phi) is 6.68. The summed E-state index contributed by atoms with van der Waals surface area (Å²) in [5, 5.41) is 4.48. The van der Waals surface area contributed by atoms with Gasteiger partial charge in [-0.25, -0.2) is 0 Å². The number of rotatable bonds is 7. The lowest BCUT2D eigenvalue weighted by Gasteiger charge is -2.18. The maximum atomic E-state index is 6.13. The van der Waals surface area contributed by atoms with Crippen molar-refractivity contribution in [2.45, 2.75) is 57.9 Å². The molecule has 0 saturated carbocycles. The first-order chi connectivity index (χ1) is 9.81. The molecule has 2 nitrogen and oxygen atoms in total. The largest absolute Gasteiger partial charge is 0.493 e. The van der Waals surface area contributed by atoms with Gasteiger partial charge in [0, 0.05) is 16.6 Å². The summed E-state index contributed by atoms with van der Waals surface area (Å²) < 4.78 is 5.79. The standard InChI is InChI=1S/C17H26ClNO/c1-2-3-4-5-6-11-19-16-8-7-12-20-17-10-9-14(18)13-15(16)17/h9-10,13,16,19H,2-8,11-12H2,1H3. The number of unbranched alkanes of at least 4 members (excludes halogenated alkanes) is 4. The van der Waals surface area contributed by atoms with Gasteiger partial charge in [-0.1, -0.05) is 44.2 Å². The molecule has 0 fully saturated rings. The Bertz CT molecular complexity index is 408. The zero-order valence-corrected chi connectivity index (χ0v) is 13.2. The van der Waals surface area contributed by atoms with Gasteiger partial charge < -0.3 is 10.1 Å². The van der Waals surface area contributed by atoms with Gasteiger partial charge in [0.15, 0.2) is 0 Å². The monoisotopic (exact) mass is 295 g/mol. The van der Waals surface area contributed by atoms with Crippen LogP contribution in [0.15, 0.2) is 18.2 Å². The highest BCUT2D eigenvalue weighted by Gasteiger charge is 2.19. The van der Waals surface area contributed by atoms with E-state index in [1.54, 1.807) is 0 Å². The first kappa shape index (κ1) is 15.7. The van der Waals surface area contributed by atoms with Gasteiger partial charge in [0.05, 0.1) is 6.61 Å². The number of hydrogen-bond donors (Lipinski definition) is 1. The minimum Gasteiger partial charge on any atom is -0.493 e. The van der Waals surface area contributed by atoms with Gasteiger partial charge in [-0.15, -0.1) is 0 Å². The van der Waals surface area contributed by atoms with Crippen molar-refractivity contribution in [3.63, 3.8) is 0 Å². The Balaban J connectivity index is 1.86. The minimum atomic E-state index is 0.386. The maximum absolute atomic E-state index is 6.13. The molecule has 1 unspecified atom stereocenters. The molecule has 1 aromatic carbocycles. The summed E-state index contributed by atoms with van der Waals surface area (Å²) in [7, 11) is 0. The van der Waals surface area contributed by atoms with Gasteiger partial charge in [0.1, 0.15) is 5.75 Å². The Morgan fingerprint density at radius 3 is 2.95 bits per heavy atom. The fourth-order valence-electron chi connectivity index (χ4n) is 2.77. The van der Waals surface area contributed by atoms with Crippen LogP contribution in [0, 0.1) is 0 Å². The van der Waals surface area contributed by atoms with Crippen LogP contribution in [-0.2, 0) is 0 Å². The van der Waals surface area contributed by atoms with Gasteiger partial charge in [-0.3, -0.25) is 0 Å². The van der Waals surface area contributed by atoms with E-state index in [4.69, 9.17) is 16.3 Å². The third-order valence-corrected chi connectivity index (χ3v) is 4.15. The number of ether oxygens (including phenoxy) is 1. The van der Waals surface area contributed by atoms with Gasteiger partial charge in [0.2, 0.25) is 0 Å². The van der Waals surface area contributed by atoms with Crippen LogP contribution in [0.1, 0.15) is 63.5 Å². The van der Waals surface area contributed by atoms with Crippen LogP contribution in [0.25, 0.3) is 0 Å². The topological polar surface area (TPSA) is 21.3 Å². The first-order valence-corrected chi connectivity index (χ1v) is 8.34. The number of fused-ring (bicyclic) bond motifs is 1. The molecule has 3 heteroatoms. The molecule has 1 N–H and O–H groups in total. The van der Waals surface area contributed by atoms with Crippen LogP contribution in [0.3, 0.4) is 0 Å². The second-order valence-corrected chi connectivity index (χ2v) is 6.03. The summed E-state index contributed by atoms with van der Waals surface area (Å²) in [6, 6.07) is 6.35. The molecule has 0 aromatic heterocycles. The van der Waals surface area contributed by atoms with Crippen LogP contribution in [0.5, 0.6) is 5.75 Å². The summed E-state index contributed by atoms with van der Waals surface area (Å²) in [5.41, 5.74) is 1.23. The molecule has 0 radical (unpaired) electrons. The fraction of sp³-hybridized carbons (Fsp3) is 0.647. The Morgan fingerprint density at radius 2 is 2.10 bits per heavy atom. The number of halogens is 1. The highest BCUT2D eigenvalue weighted by atomic mass is 35.5. The van der Waals surface area contributed by atoms with Crippen molar-refractivity contribution in [2.24, 2.45) is 0 Å². The predicted molar refractivity (Wildman–Crippen MR) is 85.7 cm³/mol. The predicted octanol–water partition coefficient (Wildman–Crippen LogP) is 5.11. The van der Waals surface area contributed by atoms with Crippen LogP contribution in [0.2, 0.25) is 5.02 Å². The average molecular weight is 296 g/mol. The highest BCUT2D eigenvalue weighted by molar-refractivity contribution is 6.30. The Labute approximate surface area is 127 Å². The molecule has 1 heterocycles. The molecule has 0 saturated heterocycles. The molecule has 0 aliphatic carbocycles. The molecule has 1 aliphatic rings. The van der Waals surface area contributed by atoms with Crippen molar-refractivity contribution < 1.29 is 4.74 Å². The molecule has 1 atom stereocenters. The third kappa shape index (κ3) is 4.68. The SMILES string of the molecule is CCCCCCCNC1CCCOc2ccc(Cl)cc21. The summed E-state index contributed by atoms with van der Waals surface area (Å²) >= 11 is 6.13. The molecule has 1 aromatic rings. The van der Waals surface area contributed by atoms with Crippen molar-refractivity contribution in [1.82, 2.24) is 5.32 Å². The molecule has 2 rings (SSSR count). The molecule has 1 aliphatic heterocycles. The van der Waals surface area contributed by atoms with E-state index < -0.39 is 0 Å². The molecular formula is C17H26ClNO. The zero-order valence-electron chi connectivity index (χ0n) is 12.5. The smallest absolute Gasteiger partial charge is 0.124 e. The molecule has 20 heavy (non-hydrogen) atoms. The Morgan fingerprint density at radius 1 is 1.25 bits per heavy atom. The summed E-state index contributed by atoms with van der Waals surface area (Å²) in [5.74, 6) is 0.996. The van der Waals surface area contributed by atoms with E-state index in [2.05, 4.69) is 18.3 Å². The average Bonchev–Trinajstić information content (AvgIpc) is 2.65. The van der Waals surface area contributed by atoms with Crippen LogP contribution in [0.4, 0.5) is 0 Å². The van der Waals surface area contributed by atoms with Crippen LogP contribution >= 0.6 is 11.6 Å². The van der Waals surface area contributed by atoms with E-state index in [-0.39, 0.29) is 0 Å². The first-order valence-electron chi connectivity index (χ1n) is 7.97. The van der Waals surface area contributed by atoms with Gasteiger partial charge in [-0.2, -0.15) is 0 Å². The van der Waals surface area contributed by atoms with Gasteiger partial charge >= 0.3 is 0 Å². The lowest BCUT2D eigenvalue weighted by Crippen LogP contribution is -2.22. The van der Waals surface area contributed by atoms with Crippen molar-refractivity contribution in [3.8, 4) is 5.75 Å². The van der Waals surface area contributed by atoms with Crippen molar-refractivity contribution >= 4 is 11.6 Å². The highest BCUT2D eigenvalue weighted by Crippen LogP contribution is 2.33. The third-order valence-electron chi connectivity index (χ3n) is 3.91. The molecule has 0 spiro atoms. The number of hydrogen-bond acceptors (Lipinski definition) is 2. The lowest BCUT2D eigenvalue weighted by molar-refractivity contribution is 0.315. The van der Waals surface area contributed by atoms with Crippen LogP contribution < -0.4 is 10.1 Å². The van der Waals surface area contributed by atoms with Crippen molar-refractivity contribution in [2.75, 3.05) is 13.2 Å². The molecule has 0 amide bonds. The van der Waals surface area contributed by atoms with E-state index in [1.165, 1.54) is 37.7 Å². The maximum Gasteiger partial charge on any atom is 0.124 e. The van der Waals surface area contributed by atoms with E-state index in [1.807, 2.05) is 12.1 Å². The molecular weight excluding hydrogens is 270 g/mol. The van der Waals surface area contributed by atoms with Gasteiger partial charge in [0.25, 0.3) is 0 Å². The minimum absolute atomic E-state index is 0.386. The molecule has 112 valence electrons. The van der Waals surface area contributed by atoms with E-state index in [9.17, 15) is 0 Å². The summed E-state index contributed by atoms with van der Waals surface area (Å²) in [4.78, 5) is 0. The van der Waals surface area contributed by atoms with E-state index >= 15 is 0 Å². The lowest BCUT2D eigenvalue weighted by atomic mass is 10.0. The molecule has 0 bridgehead atoms. The fourth-order valence-corrected chi connectivity index (χ4v) is 2.95. The summed E-state index contributed by atoms with van der Waals surface area (Å²) in [6.45, 7) is 4.15. The number of nitrogens with one attached hydrogen (secondary N) is 1. The second-order valence-electron chi connectivity index (χ2n) is 5.59. The number of benzene rings is 1. The van der Waals surface area contributed by atoms with E-state index in [0.717, 1.165) is 36.8 Å². The van der Waals surface area contributed by atoms with Crippen LogP contribution in [-0.4, -0.2) is 13.2 Å². The van der Waals surface area contributed by atoms with E-state index in [0.29, 0.717) is 6.04 Å². The summed E-state index contributed by atoms with van der Waals surface area (Å²) in [6.07, 6.45) is 8.82. The van der Waals surface area contributed by atoms with Crippen molar-refractivity contribution in [3.05, 3.63) is 28.8 Å². The quantitative estimate of drug-likeness (QED) is 0.705. The second kappa shape index (κ2) is 8.53. The van der Waals surface area contributed by atoms with Gasteiger partial charge in [-0.05, 0) is 44.0 Å². The Hall–Kier alpha value is -0.730. The van der Waals surface area contributed by atoms with Crippen molar-refractivity contribution in [1.29, 1.82) is 0 Å². The normalized spacial score (nSPS) is 18.2. The zero-order chi connectivity index (χ0) is 14.2.